The summed E-state index contributed by atoms with van der Waals surface area (Å²) in [6.45, 7) is 39.7. The molecule has 23 heteroatoms. The highest BCUT2D eigenvalue weighted by atomic mass is 16.4. The van der Waals surface area contributed by atoms with E-state index in [1.807, 2.05) is 48.5 Å². The highest BCUT2D eigenvalue weighted by Crippen LogP contribution is 2.73. The number of hydrogen-bond acceptors (Lipinski definition) is 23. The highest BCUT2D eigenvalue weighted by molar-refractivity contribution is 6.27. The summed E-state index contributed by atoms with van der Waals surface area (Å²) in [4.78, 5) is 134. The summed E-state index contributed by atoms with van der Waals surface area (Å²) in [6, 6.07) is 11.8. The van der Waals surface area contributed by atoms with E-state index in [0.29, 0.717) is 45.2 Å². The van der Waals surface area contributed by atoms with Crippen LogP contribution in [0, 0.1) is 75.4 Å². The Balaban J connectivity index is 0.000000178. The molecule has 602 valence electrons. The first kappa shape index (κ1) is 85.0. The molecule has 4 aromatic carbocycles. The van der Waals surface area contributed by atoms with Gasteiger partial charge in [0, 0.05) is 67.9 Å². The first-order chi connectivity index (χ1) is 51.2. The van der Waals surface area contributed by atoms with Gasteiger partial charge in [-0.2, -0.15) is 0 Å². The predicted octanol–water partition coefficient (Wildman–Crippen LogP) is 13.0. The van der Waals surface area contributed by atoms with Gasteiger partial charge in [0.25, 0.3) is 0 Å². The Morgan fingerprint density at radius 3 is 1.38 bits per heavy atom. The lowest BCUT2D eigenvalue weighted by Crippen LogP contribution is -2.75. The van der Waals surface area contributed by atoms with Gasteiger partial charge in [0.05, 0.1) is 33.8 Å². The van der Waals surface area contributed by atoms with Crippen molar-refractivity contribution in [3.8, 4) is 23.0 Å². The number of carbonyl (C=O) groups excluding carboxylic acids is 10. The van der Waals surface area contributed by atoms with Crippen molar-refractivity contribution < 1.29 is 114 Å². The number of Topliss-reactive ketones (excluding diaryl/α,β-unsaturated/α-hetero) is 10. The van der Waals surface area contributed by atoms with E-state index in [1.54, 1.807) is 113 Å². The second-order valence-corrected chi connectivity index (χ2v) is 36.6. The number of aliphatic hydroxyl groups excluding tert-OH is 6. The molecule has 0 aliphatic heterocycles. The van der Waals surface area contributed by atoms with Gasteiger partial charge in [0.2, 0.25) is 17.3 Å². The average Bonchev–Trinajstić information content (AvgIpc) is 0.625. The summed E-state index contributed by atoms with van der Waals surface area (Å²) in [7, 11) is 0. The first-order valence-corrected chi connectivity index (χ1v) is 38.2. The van der Waals surface area contributed by atoms with Gasteiger partial charge in [-0.15, -0.1) is 0 Å². The van der Waals surface area contributed by atoms with Crippen LogP contribution in [0.1, 0.15) is 239 Å². The Hall–Kier alpha value is -9.42. The first-order valence-electron chi connectivity index (χ1n) is 38.2. The summed E-state index contributed by atoms with van der Waals surface area (Å²) >= 11 is 0. The van der Waals surface area contributed by atoms with E-state index < -0.39 is 211 Å². The number of ketones is 10. The minimum absolute atomic E-state index is 0.00841. The molecular weight excluding hydrogens is 1440 g/mol. The van der Waals surface area contributed by atoms with E-state index >= 15 is 0 Å². The van der Waals surface area contributed by atoms with Gasteiger partial charge < -0.3 is 71.2 Å². The monoisotopic (exact) mass is 1540 g/mol. The van der Waals surface area contributed by atoms with Crippen molar-refractivity contribution in [2.75, 3.05) is 0 Å². The molecule has 0 saturated heterocycles. The maximum absolute atomic E-state index is 14.5. The maximum Gasteiger partial charge on any atom is 0.206 e. The number of hydrogen-bond donors (Lipinski definition) is 13. The fourth-order valence-electron chi connectivity index (χ4n) is 22.1. The molecule has 15 atom stereocenters. The van der Waals surface area contributed by atoms with Gasteiger partial charge in [0.1, 0.15) is 74.3 Å². The highest BCUT2D eigenvalue weighted by Gasteiger charge is 2.79. The largest absolute Gasteiger partial charge is 0.508 e. The van der Waals surface area contributed by atoms with Gasteiger partial charge >= 0.3 is 0 Å². The van der Waals surface area contributed by atoms with Gasteiger partial charge in [-0.25, -0.2) is 0 Å². The van der Waals surface area contributed by atoms with E-state index in [-0.39, 0.29) is 75.0 Å². The number of carbonyl (C=O) groups is 10. The molecule has 13 N–H and O–H groups in total. The molecule has 0 bridgehead atoms. The van der Waals surface area contributed by atoms with Crippen molar-refractivity contribution in [2.24, 2.45) is 68.5 Å². The maximum atomic E-state index is 14.5. The van der Waals surface area contributed by atoms with Crippen LogP contribution in [0.4, 0.5) is 0 Å². The number of fused-ring (bicyclic) bond motifs is 9. The number of phenolic OH excluding ortho intramolecular Hbond substituents is 4. The van der Waals surface area contributed by atoms with Crippen molar-refractivity contribution in [1.82, 2.24) is 0 Å². The fraction of sp³-hybridized carbons (Fsp3) is 0.528. The molecule has 2 saturated carbocycles. The molecule has 0 heterocycles. The number of aromatic hydroxyl groups is 4. The van der Waals surface area contributed by atoms with Crippen LogP contribution in [-0.4, -0.2) is 147 Å². The Labute approximate surface area is 651 Å². The lowest BCUT2D eigenvalue weighted by atomic mass is 9.37. The van der Waals surface area contributed by atoms with Gasteiger partial charge in [-0.05, 0) is 128 Å². The lowest BCUT2D eigenvalue weighted by molar-refractivity contribution is -0.215. The molecule has 0 aromatic heterocycles. The van der Waals surface area contributed by atoms with E-state index in [4.69, 9.17) is 0 Å². The SMILES string of the molecule is CC(=O)C1=C(O)[C@]2(O)C(=O)c3c(c(C)c4ccc(C(C)(C)C)c(O)c4c3O)C[C@]2(C)C(C(C)C)C1=O.CC(=O)C[C@@H]1[C@]2(C)C(=C(O)c3c(O)cccc3[C@H]2C)C(=O)[C@@]2(O)C(O)=C(C(C)=O)C(=O)C(C(C)C)[C@@]12C.CCC(C)(C)c1ccc2c(c1O)C(O)=C1C(=O)[C@@]3(O)C(O)=C(C(C)=O)C(=O)C(C(C)C)[C@@]3(C)[C@H](O)[C@@]1(C)[C@@H]2C. The molecule has 2 fully saturated rings. The van der Waals surface area contributed by atoms with Crippen LogP contribution in [0.2, 0.25) is 0 Å². The van der Waals surface area contributed by atoms with E-state index in [9.17, 15) is 114 Å². The Morgan fingerprint density at radius 2 is 0.929 bits per heavy atom. The van der Waals surface area contributed by atoms with Gasteiger partial charge in [0.15, 0.2) is 51.5 Å². The molecule has 0 amide bonds. The summed E-state index contributed by atoms with van der Waals surface area (Å²) in [5, 5.41) is 151. The molecule has 112 heavy (non-hydrogen) atoms. The molecule has 8 aliphatic rings. The zero-order valence-electron chi connectivity index (χ0n) is 68.3. The Kier molecular flexibility index (Phi) is 20.4. The molecule has 8 aliphatic carbocycles. The number of aryl methyl sites for hydroxylation is 1. The number of aliphatic hydroxyl groups is 9. The van der Waals surface area contributed by atoms with E-state index in [1.165, 1.54) is 26.8 Å². The molecule has 4 aromatic rings. The number of phenols is 4. The van der Waals surface area contributed by atoms with Crippen LogP contribution < -0.4 is 0 Å². The van der Waals surface area contributed by atoms with Crippen molar-refractivity contribution in [2.45, 2.75) is 231 Å². The standard InChI is InChI=1S/C31H40O8.C29H34O8.C29H34O7/c1-10-28(6,7)17-12-11-16-14(4)29(8)21(24(35)19(16)22(17)33)26(37)31(39)25(36)18(15(5)32)23(34)20(13(2)3)30(31,9)27(29)38;1-12(2)21-23(33)19(15(5)31)25(35)29(37)26(36)22-24(34)20-16(9-8-10-17(20)32)14(4)27(22,6)18(11-13(3)30)28(21,29)7;1-12(2)21-24(33)18(14(4)30)25(34)29(36)26(35)20-16(11-28(21,29)8)13(3)15-9-10-17(27(5,6)7)22(31)19(15)23(20)32/h11-14,20,27,33,35-36,38-39H,10H2,1-9H3;8-10,12,14,18,21,32,34-35,37H,11H2,1-7H3;9-10,12,21,31-32,34,36H,11H2,1-8H3/t14-,20?,27-,29+,30+,31+;14-,18-,21?,27-,28-,29+;21?,28-,29+/m111/s1. The summed E-state index contributed by atoms with van der Waals surface area (Å²) < 4.78 is 0. The van der Waals surface area contributed by atoms with Gasteiger partial charge in [-0.3, -0.25) is 43.2 Å². The predicted molar refractivity (Wildman–Crippen MR) is 415 cm³/mol. The number of benzene rings is 4. The van der Waals surface area contributed by atoms with Crippen molar-refractivity contribution in [1.29, 1.82) is 0 Å². The molecule has 3 unspecified atom stereocenters. The normalized spacial score (nSPS) is 32.3. The van der Waals surface area contributed by atoms with Crippen LogP contribution in [0.25, 0.3) is 22.3 Å². The average molecular weight is 1550 g/mol. The van der Waals surface area contributed by atoms with Gasteiger partial charge in [-0.1, -0.05) is 168 Å². The fourth-order valence-corrected chi connectivity index (χ4v) is 22.1. The Morgan fingerprint density at radius 1 is 0.509 bits per heavy atom. The van der Waals surface area contributed by atoms with Crippen LogP contribution in [0.15, 0.2) is 87.6 Å². The summed E-state index contributed by atoms with van der Waals surface area (Å²) in [5.74, 6) is -20.0. The second kappa shape index (κ2) is 26.9. The third-order valence-corrected chi connectivity index (χ3v) is 28.3. The molecular formula is C89H108O23. The zero-order valence-corrected chi connectivity index (χ0v) is 68.3. The Bertz CT molecular complexity index is 5110. The molecule has 23 nitrogen and oxygen atoms in total. The number of rotatable bonds is 10. The van der Waals surface area contributed by atoms with E-state index in [2.05, 4.69) is 0 Å². The van der Waals surface area contributed by atoms with Crippen molar-refractivity contribution in [3.63, 3.8) is 0 Å². The summed E-state index contributed by atoms with van der Waals surface area (Å²) in [5.41, 5.74) is -16.6. The van der Waals surface area contributed by atoms with Crippen LogP contribution >= 0.6 is 0 Å². The van der Waals surface area contributed by atoms with Crippen molar-refractivity contribution >= 4 is 80.1 Å². The smallest absolute Gasteiger partial charge is 0.206 e. The van der Waals surface area contributed by atoms with Crippen LogP contribution in [-0.2, 0) is 60.4 Å². The van der Waals surface area contributed by atoms with Crippen LogP contribution in [0.3, 0.4) is 0 Å². The second-order valence-electron chi connectivity index (χ2n) is 36.6. The quantitative estimate of drug-likeness (QED) is 0.0656. The van der Waals surface area contributed by atoms with Crippen LogP contribution in [0.5, 0.6) is 23.0 Å². The third kappa shape index (κ3) is 10.5. The summed E-state index contributed by atoms with van der Waals surface area (Å²) in [6.07, 6.45) is -1.13. The van der Waals surface area contributed by atoms with Crippen molar-refractivity contribution in [3.05, 3.63) is 138 Å². The topological polar surface area (TPSA) is 434 Å². The minimum atomic E-state index is -2.88. The molecule has 12 rings (SSSR count). The third-order valence-electron chi connectivity index (χ3n) is 28.3. The molecule has 0 spiro atoms. The molecule has 0 radical (unpaired) electrons. The minimum Gasteiger partial charge on any atom is -0.508 e. The van der Waals surface area contributed by atoms with E-state index in [0.717, 1.165) is 20.8 Å². The number of allylic oxidation sites excluding steroid dienone is 3. The lowest BCUT2D eigenvalue weighted by Gasteiger charge is -2.65. The zero-order chi connectivity index (χ0) is 85.1.